The smallest absolute Gasteiger partial charge is 0.278 e. The highest BCUT2D eigenvalue weighted by Crippen LogP contribution is 2.49. The van der Waals surface area contributed by atoms with Crippen molar-refractivity contribution in [3.63, 3.8) is 0 Å². The van der Waals surface area contributed by atoms with Crippen molar-refractivity contribution in [2.24, 2.45) is 5.92 Å². The lowest BCUT2D eigenvalue weighted by Crippen LogP contribution is -2.25. The van der Waals surface area contributed by atoms with Crippen LogP contribution in [0.5, 0.6) is 0 Å². The number of nitrogens with one attached hydrogen (secondary N) is 3. The second-order valence-corrected chi connectivity index (χ2v) is 9.40. The van der Waals surface area contributed by atoms with Gasteiger partial charge < -0.3 is 10.6 Å². The third-order valence-corrected chi connectivity index (χ3v) is 6.43. The number of rotatable bonds is 10. The molecule has 1 aromatic heterocycles. The predicted molar refractivity (Wildman–Crippen MR) is 126 cm³/mol. The first kappa shape index (κ1) is 24.9. The molecular weight excluding hydrogens is 484 g/mol. The summed E-state index contributed by atoms with van der Waals surface area (Å²) in [6.45, 7) is 1.90. The van der Waals surface area contributed by atoms with Crippen LogP contribution in [-0.2, 0) is 20.9 Å². The van der Waals surface area contributed by atoms with E-state index in [0.29, 0.717) is 17.3 Å². The van der Waals surface area contributed by atoms with Crippen molar-refractivity contribution in [1.29, 1.82) is 0 Å². The summed E-state index contributed by atoms with van der Waals surface area (Å²) >= 11 is -2.31. The molecule has 2 unspecified atom stereocenters. The van der Waals surface area contributed by atoms with Crippen LogP contribution >= 0.6 is 0 Å². The number of pyridine rings is 1. The van der Waals surface area contributed by atoms with Crippen LogP contribution < -0.4 is 20.4 Å². The Labute approximate surface area is 202 Å². The molecule has 0 bridgehead atoms. The molecule has 10 nitrogen and oxygen atoms in total. The van der Waals surface area contributed by atoms with Crippen LogP contribution in [-0.4, -0.2) is 45.1 Å². The minimum absolute atomic E-state index is 0.0385. The van der Waals surface area contributed by atoms with Gasteiger partial charge in [-0.1, -0.05) is 6.07 Å². The van der Waals surface area contributed by atoms with E-state index in [4.69, 9.17) is 4.84 Å². The number of carbonyl (C=O) groups excluding carboxylic acids is 2. The van der Waals surface area contributed by atoms with Crippen molar-refractivity contribution in [1.82, 2.24) is 10.5 Å². The standard InChI is InChI=1S/C22H25F2N5O5S/c1-3-34-28-20(30)14-11-25-19(27-21(31)15-10-22(15,23)24)9-17(14)26-16-7-6-13(12-4-5-12)8-18(16)29(2)35(32)33/h6-9,11-12,15H,3-5,10H2,1-2H3,(H,28,30)(H,32,33)(H2,25,26,27,31). The number of hydrogen-bond donors (Lipinski definition) is 4. The fraction of sp³-hybridized carbons (Fsp3) is 0.409. The third kappa shape index (κ3) is 5.74. The molecule has 4 N–H and O–H groups in total. The topological polar surface area (TPSA) is 133 Å². The fourth-order valence-corrected chi connectivity index (χ4v) is 3.85. The molecule has 13 heteroatoms. The van der Waals surface area contributed by atoms with Gasteiger partial charge in [0.05, 0.1) is 29.2 Å². The first-order valence-corrected chi connectivity index (χ1v) is 12.0. The molecule has 2 aliphatic rings. The number of aromatic nitrogens is 1. The summed E-state index contributed by atoms with van der Waals surface area (Å²) in [5.74, 6) is -5.61. The van der Waals surface area contributed by atoms with Crippen molar-refractivity contribution in [2.75, 3.05) is 28.6 Å². The van der Waals surface area contributed by atoms with Gasteiger partial charge in [-0.05, 0) is 43.4 Å². The predicted octanol–water partition coefficient (Wildman–Crippen LogP) is 3.55. The Bertz CT molecular complexity index is 1180. The van der Waals surface area contributed by atoms with Crippen molar-refractivity contribution in [3.8, 4) is 0 Å². The van der Waals surface area contributed by atoms with E-state index in [1.165, 1.54) is 19.3 Å². The minimum Gasteiger partial charge on any atom is -0.353 e. The number of hydroxylamine groups is 1. The van der Waals surface area contributed by atoms with Gasteiger partial charge in [0.25, 0.3) is 23.1 Å². The van der Waals surface area contributed by atoms with E-state index in [0.717, 1.165) is 22.7 Å². The zero-order chi connectivity index (χ0) is 25.3. The maximum absolute atomic E-state index is 13.3. The zero-order valence-corrected chi connectivity index (χ0v) is 19.8. The number of nitrogens with zero attached hydrogens (tertiary/aromatic N) is 2. The molecular formula is C22H25F2N5O5S. The Morgan fingerprint density at radius 3 is 2.60 bits per heavy atom. The quantitative estimate of drug-likeness (QED) is 0.284. The second kappa shape index (κ2) is 9.84. The number of benzene rings is 1. The van der Waals surface area contributed by atoms with Crippen molar-refractivity contribution < 1.29 is 32.0 Å². The SMILES string of the molecule is CCONC(=O)c1cnc(NC(=O)C2CC2(F)F)cc1Nc1ccc(C2CC2)cc1N(C)S(=O)O. The van der Waals surface area contributed by atoms with Crippen molar-refractivity contribution in [3.05, 3.63) is 41.6 Å². The summed E-state index contributed by atoms with van der Waals surface area (Å²) in [5, 5.41) is 5.40. The van der Waals surface area contributed by atoms with Crippen molar-refractivity contribution in [2.45, 2.75) is 38.0 Å². The van der Waals surface area contributed by atoms with Gasteiger partial charge in [-0.2, -0.15) is 0 Å². The largest absolute Gasteiger partial charge is 0.353 e. The molecule has 188 valence electrons. The molecule has 4 rings (SSSR count). The van der Waals surface area contributed by atoms with Crippen LogP contribution in [0.1, 0.15) is 48.0 Å². The first-order valence-electron chi connectivity index (χ1n) is 11.0. The third-order valence-electron chi connectivity index (χ3n) is 5.76. The first-order chi connectivity index (χ1) is 16.6. The van der Waals surface area contributed by atoms with Gasteiger partial charge in [0.15, 0.2) is 0 Å². The van der Waals surface area contributed by atoms with Crippen LogP contribution in [0, 0.1) is 5.92 Å². The molecule has 2 amide bonds. The maximum Gasteiger partial charge on any atom is 0.278 e. The van der Waals surface area contributed by atoms with Crippen LogP contribution in [0.4, 0.5) is 31.7 Å². The van der Waals surface area contributed by atoms with Gasteiger partial charge in [0.1, 0.15) is 11.7 Å². The van der Waals surface area contributed by atoms with Crippen LogP contribution in [0.3, 0.4) is 0 Å². The van der Waals surface area contributed by atoms with E-state index >= 15 is 0 Å². The van der Waals surface area contributed by atoms with Gasteiger partial charge in [0.2, 0.25) is 5.91 Å². The molecule has 2 fully saturated rings. The fourth-order valence-electron chi connectivity index (χ4n) is 3.53. The maximum atomic E-state index is 13.3. The van der Waals surface area contributed by atoms with Gasteiger partial charge in [-0.3, -0.25) is 23.3 Å². The molecule has 1 heterocycles. The molecule has 1 aromatic carbocycles. The molecule has 2 atom stereocenters. The van der Waals surface area contributed by atoms with Crippen LogP contribution in [0.15, 0.2) is 30.5 Å². The van der Waals surface area contributed by atoms with Gasteiger partial charge in [0, 0.05) is 25.7 Å². The summed E-state index contributed by atoms with van der Waals surface area (Å²) < 4.78 is 49.2. The Morgan fingerprint density at radius 2 is 2.00 bits per heavy atom. The molecule has 0 aliphatic heterocycles. The number of alkyl halides is 2. The monoisotopic (exact) mass is 509 g/mol. The second-order valence-electron chi connectivity index (χ2n) is 8.39. The molecule has 0 saturated heterocycles. The van der Waals surface area contributed by atoms with Crippen LogP contribution in [0.2, 0.25) is 0 Å². The van der Waals surface area contributed by atoms with Gasteiger partial charge >= 0.3 is 0 Å². The summed E-state index contributed by atoms with van der Waals surface area (Å²) in [6.07, 6.45) is 2.71. The minimum atomic E-state index is -3.04. The molecule has 0 radical (unpaired) electrons. The lowest BCUT2D eigenvalue weighted by molar-refractivity contribution is -0.119. The summed E-state index contributed by atoms with van der Waals surface area (Å²) in [4.78, 5) is 33.7. The average molecular weight is 510 g/mol. The molecule has 2 saturated carbocycles. The lowest BCUT2D eigenvalue weighted by atomic mass is 10.1. The van der Waals surface area contributed by atoms with E-state index in [2.05, 4.69) is 21.1 Å². The number of carbonyl (C=O) groups is 2. The zero-order valence-electron chi connectivity index (χ0n) is 19.0. The van der Waals surface area contributed by atoms with E-state index in [9.17, 15) is 27.1 Å². The summed E-state index contributed by atoms with van der Waals surface area (Å²) in [6, 6.07) is 6.73. The molecule has 35 heavy (non-hydrogen) atoms. The van der Waals surface area contributed by atoms with Crippen LogP contribution in [0.25, 0.3) is 0 Å². The van der Waals surface area contributed by atoms with E-state index in [1.807, 2.05) is 6.07 Å². The number of hydrogen-bond acceptors (Lipinski definition) is 6. The van der Waals surface area contributed by atoms with E-state index in [-0.39, 0.29) is 23.7 Å². The molecule has 0 spiro atoms. The van der Waals surface area contributed by atoms with Crippen molar-refractivity contribution >= 4 is 46.0 Å². The summed E-state index contributed by atoms with van der Waals surface area (Å²) in [7, 11) is 1.45. The average Bonchev–Trinajstić information content (AvgIpc) is 3.74. The lowest BCUT2D eigenvalue weighted by Gasteiger charge is -2.21. The van der Waals surface area contributed by atoms with E-state index in [1.54, 1.807) is 19.1 Å². The Kier molecular flexibility index (Phi) is 7.01. The Hall–Kier alpha value is -3.16. The van der Waals surface area contributed by atoms with E-state index < -0.39 is 41.3 Å². The molecule has 2 aromatic rings. The highest BCUT2D eigenvalue weighted by molar-refractivity contribution is 7.80. The molecule has 2 aliphatic carbocycles. The van der Waals surface area contributed by atoms with Gasteiger partial charge in [-0.25, -0.2) is 23.5 Å². The Balaban J connectivity index is 1.67. The highest BCUT2D eigenvalue weighted by atomic mass is 32.2. The number of halogens is 2. The van der Waals surface area contributed by atoms with Gasteiger partial charge in [-0.15, -0.1) is 0 Å². The number of anilines is 4. The Morgan fingerprint density at radius 1 is 1.29 bits per heavy atom. The summed E-state index contributed by atoms with van der Waals surface area (Å²) in [5.41, 5.74) is 4.30. The number of amides is 2. The highest BCUT2D eigenvalue weighted by Gasteiger charge is 2.61. The normalized spacial score (nSPS) is 18.9.